The first-order valence-electron chi connectivity index (χ1n) is 8.47. The normalized spacial score (nSPS) is 11.6. The number of hydrogen-bond acceptors (Lipinski definition) is 4. The number of thioether (sulfide) groups is 1. The Morgan fingerprint density at radius 2 is 1.81 bits per heavy atom. The van der Waals surface area contributed by atoms with Crippen LogP contribution in [0.15, 0.2) is 58.5 Å². The molecule has 0 aliphatic heterocycles. The van der Waals surface area contributed by atoms with Crippen LogP contribution >= 0.6 is 23.4 Å². The van der Waals surface area contributed by atoms with Gasteiger partial charge in [0.25, 0.3) is 5.56 Å². The van der Waals surface area contributed by atoms with Gasteiger partial charge < -0.3 is 5.32 Å². The van der Waals surface area contributed by atoms with E-state index in [9.17, 15) is 9.59 Å². The summed E-state index contributed by atoms with van der Waals surface area (Å²) >= 11 is 7.54. The third-order valence-corrected chi connectivity index (χ3v) is 4.94. The van der Waals surface area contributed by atoms with Crippen molar-refractivity contribution in [1.29, 1.82) is 0 Å². The minimum absolute atomic E-state index is 0.124. The molecule has 0 atom stereocenters. The fraction of sp³-hybridized carbons (Fsp3) is 0.250. The van der Waals surface area contributed by atoms with Crippen LogP contribution in [0.4, 0.5) is 0 Å². The quantitative estimate of drug-likeness (QED) is 0.529. The topological polar surface area (TPSA) is 64.0 Å². The Balaban J connectivity index is 2.08. The molecule has 1 N–H and O–H groups in total. The van der Waals surface area contributed by atoms with E-state index in [1.165, 1.54) is 16.3 Å². The van der Waals surface area contributed by atoms with Crippen molar-refractivity contribution in [3.05, 3.63) is 63.9 Å². The standard InChI is InChI=1S/C20H20ClN3O2S/c1-20(2,3)23-17(25)12-27-19-22-15-10-6-4-8-13(15)18(26)24(19)16-11-7-5-9-14(16)21/h4-11H,12H2,1-3H3,(H,23,25). The van der Waals surface area contributed by atoms with E-state index in [1.807, 2.05) is 32.9 Å². The molecule has 0 aliphatic rings. The van der Waals surface area contributed by atoms with Gasteiger partial charge in [0.05, 0.1) is 27.4 Å². The summed E-state index contributed by atoms with van der Waals surface area (Å²) in [5.41, 5.74) is 0.592. The lowest BCUT2D eigenvalue weighted by Crippen LogP contribution is -2.41. The first-order chi connectivity index (χ1) is 12.8. The number of carbonyl (C=O) groups excluding carboxylic acids is 1. The molecule has 0 aliphatic carbocycles. The fourth-order valence-electron chi connectivity index (χ4n) is 2.64. The van der Waals surface area contributed by atoms with E-state index in [0.29, 0.717) is 26.8 Å². The molecule has 0 saturated carbocycles. The SMILES string of the molecule is CC(C)(C)NC(=O)CSc1nc2ccccc2c(=O)n1-c1ccccc1Cl. The van der Waals surface area contributed by atoms with E-state index in [4.69, 9.17) is 11.6 Å². The molecule has 7 heteroatoms. The van der Waals surface area contributed by atoms with Gasteiger partial charge in [-0.1, -0.05) is 47.6 Å². The first-order valence-corrected chi connectivity index (χ1v) is 9.83. The molecular formula is C20H20ClN3O2S. The second-order valence-electron chi connectivity index (χ2n) is 7.09. The zero-order valence-corrected chi connectivity index (χ0v) is 16.9. The highest BCUT2D eigenvalue weighted by Crippen LogP contribution is 2.25. The van der Waals surface area contributed by atoms with Gasteiger partial charge in [-0.05, 0) is 45.0 Å². The molecule has 1 heterocycles. The van der Waals surface area contributed by atoms with E-state index >= 15 is 0 Å². The van der Waals surface area contributed by atoms with E-state index in [2.05, 4.69) is 10.3 Å². The summed E-state index contributed by atoms with van der Waals surface area (Å²) in [6.07, 6.45) is 0. The van der Waals surface area contributed by atoms with Crippen LogP contribution in [-0.2, 0) is 4.79 Å². The predicted octanol–water partition coefficient (Wildman–Crippen LogP) is 4.05. The maximum absolute atomic E-state index is 13.1. The van der Waals surface area contributed by atoms with Crippen molar-refractivity contribution in [2.75, 3.05) is 5.75 Å². The number of nitrogens with zero attached hydrogens (tertiary/aromatic N) is 2. The maximum Gasteiger partial charge on any atom is 0.266 e. The van der Waals surface area contributed by atoms with Crippen LogP contribution in [-0.4, -0.2) is 26.8 Å². The lowest BCUT2D eigenvalue weighted by Gasteiger charge is -2.20. The average Bonchev–Trinajstić information content (AvgIpc) is 2.60. The van der Waals surface area contributed by atoms with E-state index in [1.54, 1.807) is 36.4 Å². The number of para-hydroxylation sites is 2. The molecule has 0 unspecified atom stereocenters. The van der Waals surface area contributed by atoms with Gasteiger partial charge in [-0.2, -0.15) is 0 Å². The Hall–Kier alpha value is -2.31. The Morgan fingerprint density at radius 1 is 1.15 bits per heavy atom. The monoisotopic (exact) mass is 401 g/mol. The van der Waals surface area contributed by atoms with Gasteiger partial charge in [0.15, 0.2) is 5.16 Å². The van der Waals surface area contributed by atoms with Gasteiger partial charge in [-0.25, -0.2) is 4.98 Å². The van der Waals surface area contributed by atoms with Gasteiger partial charge >= 0.3 is 0 Å². The lowest BCUT2D eigenvalue weighted by atomic mass is 10.1. The Bertz CT molecular complexity index is 1060. The summed E-state index contributed by atoms with van der Waals surface area (Å²) in [6.45, 7) is 5.76. The zero-order chi connectivity index (χ0) is 19.6. The molecule has 27 heavy (non-hydrogen) atoms. The highest BCUT2D eigenvalue weighted by Gasteiger charge is 2.18. The molecule has 3 aromatic rings. The fourth-order valence-corrected chi connectivity index (χ4v) is 3.66. The Morgan fingerprint density at radius 3 is 2.52 bits per heavy atom. The van der Waals surface area contributed by atoms with E-state index in [-0.39, 0.29) is 22.8 Å². The largest absolute Gasteiger partial charge is 0.351 e. The van der Waals surface area contributed by atoms with Crippen molar-refractivity contribution in [2.45, 2.75) is 31.5 Å². The van der Waals surface area contributed by atoms with Crippen LogP contribution < -0.4 is 10.9 Å². The van der Waals surface area contributed by atoms with Crippen molar-refractivity contribution >= 4 is 40.2 Å². The van der Waals surface area contributed by atoms with Crippen molar-refractivity contribution in [3.8, 4) is 5.69 Å². The number of amides is 1. The summed E-state index contributed by atoms with van der Waals surface area (Å²) in [6, 6.07) is 14.2. The van der Waals surface area contributed by atoms with Gasteiger partial charge in [0.1, 0.15) is 0 Å². The molecule has 0 radical (unpaired) electrons. The third kappa shape index (κ3) is 4.51. The van der Waals surface area contributed by atoms with Crippen LogP contribution in [0.5, 0.6) is 0 Å². The van der Waals surface area contributed by atoms with Crippen LogP contribution in [0.3, 0.4) is 0 Å². The minimum Gasteiger partial charge on any atom is -0.351 e. The summed E-state index contributed by atoms with van der Waals surface area (Å²) in [4.78, 5) is 30.0. The van der Waals surface area contributed by atoms with Crippen LogP contribution in [0.2, 0.25) is 5.02 Å². The molecule has 1 amide bonds. The van der Waals surface area contributed by atoms with Gasteiger partial charge in [-0.15, -0.1) is 0 Å². The number of carbonyl (C=O) groups is 1. The second-order valence-corrected chi connectivity index (χ2v) is 8.44. The van der Waals surface area contributed by atoms with Crippen molar-refractivity contribution in [2.24, 2.45) is 0 Å². The molecule has 3 rings (SSSR count). The summed E-state index contributed by atoms with van der Waals surface area (Å²) < 4.78 is 1.47. The second kappa shape index (κ2) is 7.74. The number of hydrogen-bond donors (Lipinski definition) is 1. The van der Waals surface area contributed by atoms with E-state index in [0.717, 1.165) is 0 Å². The van der Waals surface area contributed by atoms with Gasteiger partial charge in [0, 0.05) is 5.54 Å². The van der Waals surface area contributed by atoms with Gasteiger partial charge in [0.2, 0.25) is 5.91 Å². The van der Waals surface area contributed by atoms with Crippen molar-refractivity contribution in [1.82, 2.24) is 14.9 Å². The Labute approximate surface area is 166 Å². The lowest BCUT2D eigenvalue weighted by molar-refractivity contribution is -0.119. The van der Waals surface area contributed by atoms with Crippen LogP contribution in [0.1, 0.15) is 20.8 Å². The molecular weight excluding hydrogens is 382 g/mol. The summed E-state index contributed by atoms with van der Waals surface area (Å²) in [5, 5.41) is 4.28. The number of benzene rings is 2. The molecule has 140 valence electrons. The zero-order valence-electron chi connectivity index (χ0n) is 15.3. The first kappa shape index (κ1) is 19.5. The number of nitrogens with one attached hydrogen (secondary N) is 1. The van der Waals surface area contributed by atoms with Crippen molar-refractivity contribution < 1.29 is 4.79 Å². The maximum atomic E-state index is 13.1. The number of fused-ring (bicyclic) bond motifs is 1. The average molecular weight is 402 g/mol. The molecule has 0 fully saturated rings. The number of halogens is 1. The molecule has 0 spiro atoms. The third-order valence-electron chi connectivity index (χ3n) is 3.69. The summed E-state index contributed by atoms with van der Waals surface area (Å²) in [5.74, 6) is 0.0209. The van der Waals surface area contributed by atoms with Crippen LogP contribution in [0, 0.1) is 0 Å². The molecule has 5 nitrogen and oxygen atoms in total. The number of aromatic nitrogens is 2. The number of rotatable bonds is 4. The smallest absolute Gasteiger partial charge is 0.266 e. The summed E-state index contributed by atoms with van der Waals surface area (Å²) in [7, 11) is 0. The minimum atomic E-state index is -0.323. The highest BCUT2D eigenvalue weighted by molar-refractivity contribution is 7.99. The molecule has 1 aromatic heterocycles. The van der Waals surface area contributed by atoms with E-state index < -0.39 is 0 Å². The van der Waals surface area contributed by atoms with Gasteiger partial charge in [-0.3, -0.25) is 14.2 Å². The van der Waals surface area contributed by atoms with Crippen molar-refractivity contribution in [3.63, 3.8) is 0 Å². The molecule has 0 bridgehead atoms. The molecule has 2 aromatic carbocycles. The van der Waals surface area contributed by atoms with Crippen LogP contribution in [0.25, 0.3) is 16.6 Å². The highest BCUT2D eigenvalue weighted by atomic mass is 35.5. The molecule has 0 saturated heterocycles. The predicted molar refractivity (Wildman–Crippen MR) is 111 cm³/mol. The Kier molecular flexibility index (Phi) is 5.58.